The molecule has 0 saturated heterocycles. The maximum Gasteiger partial charge on any atom is 0.0362 e. The maximum atomic E-state index is 2.45. The molecule has 13 aromatic rings. The summed E-state index contributed by atoms with van der Waals surface area (Å²) < 4.78 is 5.37. The molecule has 2 aromatic heterocycles. The van der Waals surface area contributed by atoms with Crippen molar-refractivity contribution in [1.82, 2.24) is 0 Å². The fourth-order valence-corrected chi connectivity index (χ4v) is 12.1. The summed E-state index contributed by atoms with van der Waals surface area (Å²) in [7, 11) is 0. The molecule has 0 aliphatic rings. The summed E-state index contributed by atoms with van der Waals surface area (Å²) in [6.07, 6.45) is 0. The zero-order valence-electron chi connectivity index (χ0n) is 31.3. The molecule has 13 rings (SSSR count). The Kier molecular flexibility index (Phi) is 6.86. The second kappa shape index (κ2) is 12.3. The summed E-state index contributed by atoms with van der Waals surface area (Å²) in [5, 5.41) is 18.2. The van der Waals surface area contributed by atoms with Gasteiger partial charge in [-0.3, -0.25) is 0 Å². The quantitative estimate of drug-likeness (QED) is 0.157. The van der Waals surface area contributed by atoms with E-state index in [0.29, 0.717) is 0 Å². The predicted molar refractivity (Wildman–Crippen MR) is 256 cm³/mol. The molecule has 0 fully saturated rings. The van der Waals surface area contributed by atoms with E-state index >= 15 is 0 Å². The van der Waals surface area contributed by atoms with Crippen molar-refractivity contribution in [3.8, 4) is 33.4 Å². The number of hydrogen-bond acceptors (Lipinski definition) is 2. The van der Waals surface area contributed by atoms with Crippen LogP contribution < -0.4 is 0 Å². The van der Waals surface area contributed by atoms with Crippen LogP contribution in [0.1, 0.15) is 0 Å². The Hall–Kier alpha value is -6.84. The van der Waals surface area contributed by atoms with Crippen LogP contribution in [-0.4, -0.2) is 0 Å². The van der Waals surface area contributed by atoms with Gasteiger partial charge in [-0.1, -0.05) is 158 Å². The van der Waals surface area contributed by atoms with Crippen LogP contribution in [0.3, 0.4) is 0 Å². The first-order valence-corrected chi connectivity index (χ1v) is 21.5. The first-order chi connectivity index (χ1) is 28.8. The van der Waals surface area contributed by atoms with Crippen molar-refractivity contribution >= 4 is 117 Å². The van der Waals surface area contributed by atoms with Gasteiger partial charge >= 0.3 is 0 Å². The fourth-order valence-electron chi connectivity index (χ4n) is 9.91. The van der Waals surface area contributed by atoms with Gasteiger partial charge in [-0.25, -0.2) is 0 Å². The Labute approximate surface area is 342 Å². The van der Waals surface area contributed by atoms with Crippen molar-refractivity contribution in [3.63, 3.8) is 0 Å². The van der Waals surface area contributed by atoms with E-state index in [4.69, 9.17) is 0 Å². The van der Waals surface area contributed by atoms with Gasteiger partial charge < -0.3 is 0 Å². The minimum absolute atomic E-state index is 1.25. The lowest BCUT2D eigenvalue weighted by Crippen LogP contribution is -1.93. The molecule has 0 unspecified atom stereocenters. The Morgan fingerprint density at radius 2 is 0.759 bits per heavy atom. The van der Waals surface area contributed by atoms with Gasteiger partial charge in [0.25, 0.3) is 0 Å². The third-order valence-electron chi connectivity index (χ3n) is 12.4. The number of benzene rings is 11. The molecule has 0 N–H and O–H groups in total. The van der Waals surface area contributed by atoms with Crippen LogP contribution in [0.15, 0.2) is 194 Å². The second-order valence-corrected chi connectivity index (χ2v) is 17.7. The highest BCUT2D eigenvalue weighted by Gasteiger charge is 2.20. The van der Waals surface area contributed by atoms with Gasteiger partial charge in [0, 0.05) is 40.3 Å². The van der Waals surface area contributed by atoms with Gasteiger partial charge in [0.2, 0.25) is 0 Å². The van der Waals surface area contributed by atoms with Crippen LogP contribution in [0, 0.1) is 0 Å². The second-order valence-electron chi connectivity index (χ2n) is 15.5. The van der Waals surface area contributed by atoms with Gasteiger partial charge in [-0.2, -0.15) is 0 Å². The van der Waals surface area contributed by atoms with E-state index < -0.39 is 0 Å². The number of thiophene rings is 2. The minimum Gasteiger partial charge on any atom is -0.135 e. The average molecular weight is 769 g/mol. The Morgan fingerprint density at radius 1 is 0.241 bits per heavy atom. The van der Waals surface area contributed by atoms with E-state index in [2.05, 4.69) is 194 Å². The average Bonchev–Trinajstić information content (AvgIpc) is 3.85. The third kappa shape index (κ3) is 4.62. The van der Waals surface area contributed by atoms with E-state index in [0.717, 1.165) is 0 Å². The lowest BCUT2D eigenvalue weighted by Gasteiger charge is -2.20. The molecule has 0 atom stereocenters. The molecular formula is C56H32S2. The lowest BCUT2D eigenvalue weighted by atomic mass is 9.83. The summed E-state index contributed by atoms with van der Waals surface area (Å²) in [5.41, 5.74) is 7.62. The van der Waals surface area contributed by atoms with Crippen molar-refractivity contribution in [1.29, 1.82) is 0 Å². The molecule has 0 saturated carbocycles. The predicted octanol–water partition coefficient (Wildman–Crippen LogP) is 17.2. The fraction of sp³-hybridized carbons (Fsp3) is 0. The largest absolute Gasteiger partial charge is 0.135 e. The van der Waals surface area contributed by atoms with Crippen LogP contribution in [-0.2, 0) is 0 Å². The first-order valence-electron chi connectivity index (χ1n) is 19.9. The monoisotopic (exact) mass is 768 g/mol. The maximum absolute atomic E-state index is 2.45. The standard InChI is InChI=1S/C56H32S2/c1-2-14-36-33(12-1)13-11-22-40(36)54-41-17-5-7-19-43(41)55(44-20-8-6-18-42(44)54)45-27-26-37(38-15-3-4-16-39(38)45)34-24-28-51-48(30-34)49-31-35-25-29-52-56(47(35)32-53(49)58-51)46-21-9-10-23-50(46)57-52/h1-32H. The molecule has 11 aromatic carbocycles. The van der Waals surface area contributed by atoms with Gasteiger partial charge in [0.05, 0.1) is 0 Å². The number of rotatable bonds is 3. The Bertz CT molecular complexity index is 3800. The summed E-state index contributed by atoms with van der Waals surface area (Å²) in [5.74, 6) is 0. The lowest BCUT2D eigenvalue weighted by molar-refractivity contribution is 1.67. The molecular weight excluding hydrogens is 737 g/mol. The van der Waals surface area contributed by atoms with Crippen molar-refractivity contribution in [3.05, 3.63) is 194 Å². The van der Waals surface area contributed by atoms with Crippen molar-refractivity contribution < 1.29 is 0 Å². The highest BCUT2D eigenvalue weighted by atomic mass is 32.1. The van der Waals surface area contributed by atoms with Gasteiger partial charge in [-0.15, -0.1) is 22.7 Å². The molecule has 0 aliphatic heterocycles. The molecule has 0 nitrogen and oxygen atoms in total. The van der Waals surface area contributed by atoms with E-state index in [-0.39, 0.29) is 0 Å². The van der Waals surface area contributed by atoms with Crippen molar-refractivity contribution in [2.75, 3.05) is 0 Å². The van der Waals surface area contributed by atoms with Gasteiger partial charge in [0.15, 0.2) is 0 Å². The van der Waals surface area contributed by atoms with E-state index in [1.165, 1.54) is 128 Å². The van der Waals surface area contributed by atoms with Crippen LogP contribution >= 0.6 is 22.7 Å². The van der Waals surface area contributed by atoms with Gasteiger partial charge in [0.1, 0.15) is 0 Å². The van der Waals surface area contributed by atoms with E-state index in [1.807, 2.05) is 22.7 Å². The first kappa shape index (κ1) is 32.3. The SMILES string of the molecule is c1ccc2c(-c3c4ccccc4c(-c4ccc(-c5ccc6sc7cc8c(ccc9sc%10ccccc%10c98)cc7c6c5)c5ccccc45)c4ccccc34)cccc2c1. The molecule has 2 heterocycles. The van der Waals surface area contributed by atoms with Crippen LogP contribution in [0.4, 0.5) is 0 Å². The van der Waals surface area contributed by atoms with Crippen LogP contribution in [0.5, 0.6) is 0 Å². The van der Waals surface area contributed by atoms with Crippen LogP contribution in [0.2, 0.25) is 0 Å². The molecule has 0 radical (unpaired) electrons. The molecule has 268 valence electrons. The number of fused-ring (bicyclic) bond motifs is 12. The van der Waals surface area contributed by atoms with Crippen molar-refractivity contribution in [2.45, 2.75) is 0 Å². The zero-order chi connectivity index (χ0) is 37.9. The minimum atomic E-state index is 1.25. The molecule has 58 heavy (non-hydrogen) atoms. The molecule has 0 amide bonds. The highest BCUT2D eigenvalue weighted by Crippen LogP contribution is 2.48. The smallest absolute Gasteiger partial charge is 0.0362 e. The number of hydrogen-bond donors (Lipinski definition) is 0. The molecule has 2 heteroatoms. The van der Waals surface area contributed by atoms with E-state index in [9.17, 15) is 0 Å². The highest BCUT2D eigenvalue weighted by molar-refractivity contribution is 7.26. The zero-order valence-corrected chi connectivity index (χ0v) is 32.9. The normalized spacial score (nSPS) is 12.1. The Balaban J connectivity index is 1.02. The molecule has 0 spiro atoms. The molecule has 0 bridgehead atoms. The van der Waals surface area contributed by atoms with Crippen LogP contribution in [0.25, 0.3) is 128 Å². The summed E-state index contributed by atoms with van der Waals surface area (Å²) in [4.78, 5) is 0. The van der Waals surface area contributed by atoms with Crippen molar-refractivity contribution in [2.24, 2.45) is 0 Å². The summed E-state index contributed by atoms with van der Waals surface area (Å²) in [6.45, 7) is 0. The molecule has 0 aliphatic carbocycles. The van der Waals surface area contributed by atoms with Gasteiger partial charge in [-0.05, 0) is 124 Å². The topological polar surface area (TPSA) is 0 Å². The summed E-state index contributed by atoms with van der Waals surface area (Å²) in [6, 6.07) is 72.7. The summed E-state index contributed by atoms with van der Waals surface area (Å²) >= 11 is 3.80. The Morgan fingerprint density at radius 3 is 1.50 bits per heavy atom. The van der Waals surface area contributed by atoms with E-state index in [1.54, 1.807) is 0 Å². The third-order valence-corrected chi connectivity index (χ3v) is 14.7.